The molecule has 0 atom stereocenters. The fraction of sp³-hybridized carbons (Fsp3) is 0.167. The zero-order valence-corrected chi connectivity index (χ0v) is 9.36. The van der Waals surface area contributed by atoms with Crippen LogP contribution in [0.25, 0.3) is 0 Å². The molecule has 0 unspecified atom stereocenters. The van der Waals surface area contributed by atoms with E-state index in [0.717, 1.165) is 16.8 Å². The average Bonchev–Trinajstić information content (AvgIpc) is 2.25. The van der Waals surface area contributed by atoms with E-state index in [1.54, 1.807) is 18.6 Å². The maximum absolute atomic E-state index is 5.87. The van der Waals surface area contributed by atoms with Gasteiger partial charge in [-0.1, -0.05) is 0 Å². The highest BCUT2D eigenvalue weighted by atomic mass is 15.0. The third kappa shape index (κ3) is 2.11. The van der Waals surface area contributed by atoms with Crippen molar-refractivity contribution in [2.24, 2.45) is 0 Å². The minimum Gasteiger partial charge on any atom is -0.396 e. The van der Waals surface area contributed by atoms with Crippen molar-refractivity contribution in [3.8, 4) is 0 Å². The van der Waals surface area contributed by atoms with E-state index in [1.165, 1.54) is 0 Å². The third-order valence-electron chi connectivity index (χ3n) is 2.35. The fourth-order valence-electron chi connectivity index (χ4n) is 1.42. The Balaban J connectivity index is 2.31. The Morgan fingerprint density at radius 2 is 2.06 bits per heavy atom. The second-order valence-corrected chi connectivity index (χ2v) is 3.77. The van der Waals surface area contributed by atoms with Crippen LogP contribution in [0.1, 0.15) is 11.1 Å². The summed E-state index contributed by atoms with van der Waals surface area (Å²) in [6.07, 6.45) is 5.30. The number of hydrogen-bond acceptors (Lipinski definition) is 4. The molecule has 0 amide bonds. The minimum absolute atomic E-state index is 0.642. The number of pyridine rings is 2. The van der Waals surface area contributed by atoms with Gasteiger partial charge in [-0.15, -0.1) is 0 Å². The quantitative estimate of drug-likeness (QED) is 0.805. The predicted octanol–water partition coefficient (Wildman–Crippen LogP) is 2.42. The first-order valence-corrected chi connectivity index (χ1v) is 5.06. The number of anilines is 3. The zero-order chi connectivity index (χ0) is 11.5. The van der Waals surface area contributed by atoms with Crippen molar-refractivity contribution < 1.29 is 0 Å². The van der Waals surface area contributed by atoms with Gasteiger partial charge in [0.25, 0.3) is 0 Å². The Labute approximate surface area is 94.5 Å². The van der Waals surface area contributed by atoms with E-state index in [-0.39, 0.29) is 0 Å². The second-order valence-electron chi connectivity index (χ2n) is 3.77. The molecule has 2 heterocycles. The van der Waals surface area contributed by atoms with Gasteiger partial charge in [0.05, 0.1) is 17.6 Å². The number of nitrogen functional groups attached to an aromatic ring is 1. The molecule has 0 saturated heterocycles. The highest BCUT2D eigenvalue weighted by Gasteiger charge is 2.03. The van der Waals surface area contributed by atoms with Crippen molar-refractivity contribution in [3.05, 3.63) is 41.9 Å². The van der Waals surface area contributed by atoms with Crippen LogP contribution < -0.4 is 11.1 Å². The van der Waals surface area contributed by atoms with E-state index >= 15 is 0 Å². The van der Waals surface area contributed by atoms with Crippen LogP contribution in [-0.4, -0.2) is 9.97 Å². The molecular formula is C12H14N4. The summed E-state index contributed by atoms with van der Waals surface area (Å²) in [5, 5.41) is 3.17. The van der Waals surface area contributed by atoms with Crippen molar-refractivity contribution in [3.63, 3.8) is 0 Å². The highest BCUT2D eigenvalue weighted by molar-refractivity contribution is 5.69. The molecule has 0 aromatic carbocycles. The Kier molecular flexibility index (Phi) is 2.72. The van der Waals surface area contributed by atoms with E-state index < -0.39 is 0 Å². The molecule has 82 valence electrons. The van der Waals surface area contributed by atoms with Crippen LogP contribution in [0, 0.1) is 13.8 Å². The van der Waals surface area contributed by atoms with Gasteiger partial charge in [-0.2, -0.15) is 0 Å². The molecule has 0 radical (unpaired) electrons. The van der Waals surface area contributed by atoms with Crippen LogP contribution >= 0.6 is 0 Å². The SMILES string of the molecule is Cc1cnc(Nc2cnccc2C)c(N)c1. The normalized spacial score (nSPS) is 10.1. The van der Waals surface area contributed by atoms with Crippen LogP contribution in [-0.2, 0) is 0 Å². The van der Waals surface area contributed by atoms with Crippen molar-refractivity contribution in [1.82, 2.24) is 9.97 Å². The fourth-order valence-corrected chi connectivity index (χ4v) is 1.42. The Bertz CT molecular complexity index is 508. The number of aromatic nitrogens is 2. The van der Waals surface area contributed by atoms with Crippen LogP contribution in [0.4, 0.5) is 17.2 Å². The number of hydrogen-bond donors (Lipinski definition) is 2. The highest BCUT2D eigenvalue weighted by Crippen LogP contribution is 2.22. The molecular weight excluding hydrogens is 200 g/mol. The summed E-state index contributed by atoms with van der Waals surface area (Å²) >= 11 is 0. The van der Waals surface area contributed by atoms with Crippen molar-refractivity contribution >= 4 is 17.2 Å². The molecule has 4 heteroatoms. The van der Waals surface area contributed by atoms with Gasteiger partial charge in [0.1, 0.15) is 0 Å². The summed E-state index contributed by atoms with van der Waals surface area (Å²) in [6, 6.07) is 3.83. The molecule has 0 aliphatic carbocycles. The molecule has 0 bridgehead atoms. The molecule has 0 aliphatic rings. The first kappa shape index (κ1) is 10.4. The molecule has 0 fully saturated rings. The number of nitrogens with one attached hydrogen (secondary N) is 1. The lowest BCUT2D eigenvalue weighted by Gasteiger charge is -2.10. The van der Waals surface area contributed by atoms with Crippen molar-refractivity contribution in [2.45, 2.75) is 13.8 Å². The lowest BCUT2D eigenvalue weighted by atomic mass is 10.2. The first-order chi connectivity index (χ1) is 7.66. The summed E-state index contributed by atoms with van der Waals surface area (Å²) in [6.45, 7) is 3.97. The van der Waals surface area contributed by atoms with Gasteiger partial charge in [0.2, 0.25) is 0 Å². The Morgan fingerprint density at radius 1 is 1.25 bits per heavy atom. The summed E-state index contributed by atoms with van der Waals surface area (Å²) in [4.78, 5) is 8.31. The lowest BCUT2D eigenvalue weighted by molar-refractivity contribution is 1.23. The van der Waals surface area contributed by atoms with E-state index in [0.29, 0.717) is 11.5 Å². The number of nitrogens with zero attached hydrogens (tertiary/aromatic N) is 2. The first-order valence-electron chi connectivity index (χ1n) is 5.06. The van der Waals surface area contributed by atoms with Crippen LogP contribution in [0.15, 0.2) is 30.7 Å². The lowest BCUT2D eigenvalue weighted by Crippen LogP contribution is -2.01. The van der Waals surface area contributed by atoms with Gasteiger partial charge >= 0.3 is 0 Å². The Hall–Kier alpha value is -2.10. The van der Waals surface area contributed by atoms with E-state index in [2.05, 4.69) is 15.3 Å². The summed E-state index contributed by atoms with van der Waals surface area (Å²) in [5.41, 5.74) is 9.59. The van der Waals surface area contributed by atoms with E-state index in [4.69, 9.17) is 5.73 Å². The number of aryl methyl sites for hydroxylation is 2. The average molecular weight is 214 g/mol. The maximum Gasteiger partial charge on any atom is 0.153 e. The van der Waals surface area contributed by atoms with E-state index in [1.807, 2.05) is 26.0 Å². The Morgan fingerprint density at radius 3 is 2.75 bits per heavy atom. The van der Waals surface area contributed by atoms with Crippen LogP contribution in [0.3, 0.4) is 0 Å². The van der Waals surface area contributed by atoms with Gasteiger partial charge in [0.15, 0.2) is 5.82 Å². The summed E-state index contributed by atoms with van der Waals surface area (Å²) in [5.74, 6) is 0.668. The van der Waals surface area contributed by atoms with E-state index in [9.17, 15) is 0 Å². The molecule has 4 nitrogen and oxygen atoms in total. The molecule has 2 aromatic heterocycles. The molecule has 2 rings (SSSR count). The monoisotopic (exact) mass is 214 g/mol. The zero-order valence-electron chi connectivity index (χ0n) is 9.36. The smallest absolute Gasteiger partial charge is 0.153 e. The van der Waals surface area contributed by atoms with Crippen molar-refractivity contribution in [1.29, 1.82) is 0 Å². The largest absolute Gasteiger partial charge is 0.396 e. The topological polar surface area (TPSA) is 63.8 Å². The molecule has 0 saturated carbocycles. The summed E-state index contributed by atoms with van der Waals surface area (Å²) in [7, 11) is 0. The van der Waals surface area contributed by atoms with Gasteiger partial charge in [-0.25, -0.2) is 4.98 Å². The molecule has 3 N–H and O–H groups in total. The minimum atomic E-state index is 0.642. The standard InChI is InChI=1S/C12H14N4/c1-8-5-10(13)12(15-6-8)16-11-7-14-4-3-9(11)2/h3-7H,13H2,1-2H3,(H,15,16). The summed E-state index contributed by atoms with van der Waals surface area (Å²) < 4.78 is 0. The van der Waals surface area contributed by atoms with Gasteiger partial charge in [-0.3, -0.25) is 4.98 Å². The molecule has 2 aromatic rings. The molecule has 0 spiro atoms. The number of rotatable bonds is 2. The van der Waals surface area contributed by atoms with Gasteiger partial charge in [-0.05, 0) is 37.1 Å². The predicted molar refractivity (Wildman–Crippen MR) is 65.6 cm³/mol. The number of nitrogens with two attached hydrogens (primary N) is 1. The van der Waals surface area contributed by atoms with Crippen LogP contribution in [0.2, 0.25) is 0 Å². The third-order valence-corrected chi connectivity index (χ3v) is 2.35. The molecule has 0 aliphatic heterocycles. The maximum atomic E-state index is 5.87. The molecule has 16 heavy (non-hydrogen) atoms. The van der Waals surface area contributed by atoms with Gasteiger partial charge < -0.3 is 11.1 Å². The van der Waals surface area contributed by atoms with Gasteiger partial charge in [0, 0.05) is 12.4 Å². The second kappa shape index (κ2) is 4.18. The van der Waals surface area contributed by atoms with Crippen LogP contribution in [0.5, 0.6) is 0 Å². The van der Waals surface area contributed by atoms with Crippen molar-refractivity contribution in [2.75, 3.05) is 11.1 Å².